The fourth-order valence-electron chi connectivity index (χ4n) is 3.13. The van der Waals surface area contributed by atoms with Crippen molar-refractivity contribution in [3.63, 3.8) is 0 Å². The van der Waals surface area contributed by atoms with Gasteiger partial charge in [0.2, 0.25) is 12.2 Å². The number of nitrogens with one attached hydrogen (secondary N) is 1. The summed E-state index contributed by atoms with van der Waals surface area (Å²) in [4.78, 5) is 27.1. The number of allylic oxidation sites excluding steroid dienone is 2. The second-order valence-corrected chi connectivity index (χ2v) is 7.92. The van der Waals surface area contributed by atoms with Crippen molar-refractivity contribution in [1.29, 1.82) is 5.26 Å². The molecule has 0 radical (unpaired) electrons. The number of carbonyl (C=O) groups excluding carboxylic acids is 1. The van der Waals surface area contributed by atoms with Crippen molar-refractivity contribution >= 4 is 23.7 Å². The van der Waals surface area contributed by atoms with Crippen LogP contribution in [0, 0.1) is 17.1 Å². The van der Waals surface area contributed by atoms with Gasteiger partial charge in [-0.15, -0.1) is 0 Å². The summed E-state index contributed by atoms with van der Waals surface area (Å²) in [6, 6.07) is 10.5. The lowest BCUT2D eigenvalue weighted by molar-refractivity contribution is -0.142. The first kappa shape index (κ1) is 27.1. The van der Waals surface area contributed by atoms with Crippen LogP contribution < -0.4 is 15.7 Å². The molecule has 13 heteroatoms. The fraction of sp³-hybridized carbons (Fsp3) is 0.125. The Labute approximate surface area is 212 Å². The summed E-state index contributed by atoms with van der Waals surface area (Å²) in [5, 5.41) is 13.0. The number of benzene rings is 2. The van der Waals surface area contributed by atoms with Gasteiger partial charge in [-0.3, -0.25) is 14.2 Å². The van der Waals surface area contributed by atoms with Gasteiger partial charge in [-0.1, -0.05) is 17.2 Å². The molecule has 1 amide bonds. The summed E-state index contributed by atoms with van der Waals surface area (Å²) in [5.41, 5.74) is 0.456. The normalized spacial score (nSPS) is 12.1. The van der Waals surface area contributed by atoms with E-state index in [1.807, 2.05) is 0 Å². The number of ether oxygens (including phenoxy) is 1. The van der Waals surface area contributed by atoms with Gasteiger partial charge in [-0.25, -0.2) is 14.8 Å². The largest absolute Gasteiger partial charge is 0.449 e. The number of amides is 1. The van der Waals surface area contributed by atoms with Crippen LogP contribution in [0.15, 0.2) is 70.3 Å². The van der Waals surface area contributed by atoms with Crippen LogP contribution in [-0.2, 0) is 17.5 Å². The van der Waals surface area contributed by atoms with E-state index in [1.165, 1.54) is 36.4 Å². The summed E-state index contributed by atoms with van der Waals surface area (Å²) in [7, 11) is 0. The van der Waals surface area contributed by atoms with Crippen LogP contribution in [0.3, 0.4) is 0 Å². The molecular formula is C24H16ClF4N5O3. The molecule has 2 aromatic carbocycles. The topological polar surface area (TPSA) is 109 Å². The van der Waals surface area contributed by atoms with Crippen LogP contribution in [0.1, 0.15) is 23.7 Å². The van der Waals surface area contributed by atoms with Gasteiger partial charge in [0.1, 0.15) is 11.6 Å². The third-order valence-corrected chi connectivity index (χ3v) is 4.88. The Morgan fingerprint density at radius 3 is 2.59 bits per heavy atom. The summed E-state index contributed by atoms with van der Waals surface area (Å²) >= 11 is 5.89. The molecule has 0 unspecified atom stereocenters. The third-order valence-electron chi connectivity index (χ3n) is 4.67. The van der Waals surface area contributed by atoms with E-state index in [1.54, 1.807) is 13.0 Å². The first-order chi connectivity index (χ1) is 17.5. The zero-order valence-corrected chi connectivity index (χ0v) is 19.6. The van der Waals surface area contributed by atoms with Gasteiger partial charge in [-0.05, 0) is 55.5 Å². The Bertz CT molecular complexity index is 1480. The van der Waals surface area contributed by atoms with E-state index in [-0.39, 0.29) is 28.6 Å². The molecule has 0 aliphatic heterocycles. The lowest BCUT2D eigenvalue weighted by Gasteiger charge is -2.15. The Morgan fingerprint density at radius 2 is 1.97 bits per heavy atom. The zero-order chi connectivity index (χ0) is 27.2. The van der Waals surface area contributed by atoms with Crippen LogP contribution in [0.5, 0.6) is 11.5 Å². The van der Waals surface area contributed by atoms with Gasteiger partial charge < -0.3 is 4.74 Å². The lowest BCUT2D eigenvalue weighted by atomic mass is 10.1. The van der Waals surface area contributed by atoms with E-state index in [9.17, 15) is 27.2 Å². The second-order valence-electron chi connectivity index (χ2n) is 7.48. The van der Waals surface area contributed by atoms with Gasteiger partial charge >= 0.3 is 6.18 Å². The van der Waals surface area contributed by atoms with Crippen molar-refractivity contribution in [2.75, 3.05) is 0 Å². The average Bonchev–Trinajstić information content (AvgIpc) is 2.83. The quantitative estimate of drug-likeness (QED) is 0.193. The van der Waals surface area contributed by atoms with Crippen LogP contribution in [0.2, 0.25) is 5.02 Å². The Balaban J connectivity index is 2.02. The van der Waals surface area contributed by atoms with Crippen molar-refractivity contribution in [2.45, 2.75) is 19.6 Å². The highest BCUT2D eigenvalue weighted by Crippen LogP contribution is 2.35. The highest BCUT2D eigenvalue weighted by molar-refractivity contribution is 6.30. The maximum absolute atomic E-state index is 13.6. The van der Waals surface area contributed by atoms with E-state index < -0.39 is 29.0 Å². The van der Waals surface area contributed by atoms with Gasteiger partial charge in [0.15, 0.2) is 5.69 Å². The van der Waals surface area contributed by atoms with E-state index in [0.29, 0.717) is 23.9 Å². The summed E-state index contributed by atoms with van der Waals surface area (Å²) in [6.07, 6.45) is -2.54. The van der Waals surface area contributed by atoms with Gasteiger partial charge in [0.25, 0.3) is 5.56 Å². The van der Waals surface area contributed by atoms with Crippen molar-refractivity contribution in [2.24, 2.45) is 5.10 Å². The molecule has 0 aliphatic rings. The van der Waals surface area contributed by atoms with Crippen LogP contribution >= 0.6 is 11.6 Å². The van der Waals surface area contributed by atoms with E-state index >= 15 is 0 Å². The SMILES string of the molecule is C/C(=C\C(=N/NC=O)c1ccc(F)cc1)Cn1cnc(C(F)(F)F)c(Oc2cc(Cl)cc(C#N)c2)c1=O. The van der Waals surface area contributed by atoms with Gasteiger partial charge in [0, 0.05) is 17.1 Å². The maximum atomic E-state index is 13.6. The minimum atomic E-state index is -5.02. The average molecular weight is 534 g/mol. The van der Waals surface area contributed by atoms with Crippen molar-refractivity contribution in [3.8, 4) is 17.6 Å². The Kier molecular flexibility index (Phi) is 8.41. The molecule has 0 fully saturated rings. The predicted molar refractivity (Wildman–Crippen MR) is 126 cm³/mol. The molecule has 0 atom stereocenters. The first-order valence-corrected chi connectivity index (χ1v) is 10.6. The minimum absolute atomic E-state index is 0.00981. The predicted octanol–water partition coefficient (Wildman–Crippen LogP) is 4.82. The monoisotopic (exact) mass is 533 g/mol. The van der Waals surface area contributed by atoms with Crippen molar-refractivity contribution in [1.82, 2.24) is 15.0 Å². The molecule has 0 spiro atoms. The van der Waals surface area contributed by atoms with Crippen LogP contribution in [0.4, 0.5) is 17.6 Å². The number of carbonyl (C=O) groups is 1. The molecule has 3 aromatic rings. The third kappa shape index (κ3) is 7.02. The smallest absolute Gasteiger partial charge is 0.437 e. The highest BCUT2D eigenvalue weighted by atomic mass is 35.5. The number of hydrogen-bond acceptors (Lipinski definition) is 6. The van der Waals surface area contributed by atoms with E-state index in [2.05, 4.69) is 15.5 Å². The number of hydrogen-bond donors (Lipinski definition) is 1. The van der Waals surface area contributed by atoms with Crippen molar-refractivity contribution < 1.29 is 27.1 Å². The molecule has 8 nitrogen and oxygen atoms in total. The Morgan fingerprint density at radius 1 is 1.27 bits per heavy atom. The Hall–Kier alpha value is -4.50. The standard InChI is InChI=1S/C24H16ClF4N5O3/c1-14(6-20(33-32-13-35)16-2-4-18(26)5-3-16)11-34-12-31-22(24(27,28)29)21(23(34)36)37-19-8-15(10-30)7-17(25)9-19/h2-9,12-13H,11H2,1H3,(H,32,35)/b14-6+,33-20+. The molecule has 0 saturated heterocycles. The maximum Gasteiger partial charge on any atom is 0.437 e. The van der Waals surface area contributed by atoms with Crippen LogP contribution in [0.25, 0.3) is 0 Å². The molecular weight excluding hydrogens is 518 g/mol. The van der Waals surface area contributed by atoms with Crippen molar-refractivity contribution in [3.05, 3.63) is 98.5 Å². The van der Waals surface area contributed by atoms with E-state index in [4.69, 9.17) is 21.6 Å². The molecule has 1 heterocycles. The molecule has 0 aliphatic carbocycles. The van der Waals surface area contributed by atoms with E-state index in [0.717, 1.165) is 16.7 Å². The fourth-order valence-corrected chi connectivity index (χ4v) is 3.35. The molecule has 1 N–H and O–H groups in total. The molecule has 1 aromatic heterocycles. The number of rotatable bonds is 8. The number of nitrogens with zero attached hydrogens (tertiary/aromatic N) is 4. The minimum Gasteiger partial charge on any atom is -0.449 e. The number of nitriles is 1. The highest BCUT2D eigenvalue weighted by Gasteiger charge is 2.38. The molecule has 3 rings (SSSR count). The number of hydrazone groups is 1. The zero-order valence-electron chi connectivity index (χ0n) is 18.9. The molecule has 190 valence electrons. The molecule has 37 heavy (non-hydrogen) atoms. The lowest BCUT2D eigenvalue weighted by Crippen LogP contribution is -2.26. The number of aromatic nitrogens is 2. The summed E-state index contributed by atoms with van der Waals surface area (Å²) in [6.45, 7) is 1.32. The number of halogens is 5. The first-order valence-electron chi connectivity index (χ1n) is 10.3. The van der Waals surface area contributed by atoms with Gasteiger partial charge in [-0.2, -0.15) is 23.5 Å². The van der Waals surface area contributed by atoms with Crippen LogP contribution in [-0.4, -0.2) is 21.7 Å². The second kappa shape index (κ2) is 11.5. The number of alkyl halides is 3. The molecule has 0 saturated carbocycles. The van der Waals surface area contributed by atoms with Gasteiger partial charge in [0.05, 0.1) is 23.7 Å². The molecule has 0 bridgehead atoms. The summed E-state index contributed by atoms with van der Waals surface area (Å²) in [5.74, 6) is -1.86. The summed E-state index contributed by atoms with van der Waals surface area (Å²) < 4.78 is 60.2.